The van der Waals surface area contributed by atoms with Gasteiger partial charge in [0.2, 0.25) is 0 Å². The number of imidazole rings is 1. The lowest BCUT2D eigenvalue weighted by Gasteiger charge is -2.05. The van der Waals surface area contributed by atoms with E-state index in [2.05, 4.69) is 10.3 Å². The number of nitro benzene ring substituents is 1. The van der Waals surface area contributed by atoms with E-state index in [1.807, 2.05) is 22.2 Å². The number of hydrogen-bond acceptors (Lipinski definition) is 5. The number of fused-ring (bicyclic) bond motifs is 1. The number of benzene rings is 1. The second-order valence-corrected chi connectivity index (χ2v) is 5.71. The number of aromatic nitrogens is 2. The van der Waals surface area contributed by atoms with Gasteiger partial charge in [-0.3, -0.25) is 19.3 Å². The molecular weight excluding hydrogens is 328 g/mol. The normalized spacial score (nSPS) is 10.8. The molecule has 0 atom stereocenters. The number of carbonyl (C=O) groups is 1. The van der Waals surface area contributed by atoms with E-state index in [9.17, 15) is 14.9 Å². The zero-order chi connectivity index (χ0) is 15.7. The average molecular weight is 337 g/mol. The summed E-state index contributed by atoms with van der Waals surface area (Å²) in [6.07, 6.45) is 3.70. The third-order valence-electron chi connectivity index (χ3n) is 2.98. The van der Waals surface area contributed by atoms with Crippen molar-refractivity contribution < 1.29 is 9.72 Å². The summed E-state index contributed by atoms with van der Waals surface area (Å²) in [6.45, 7) is 0.251. The van der Waals surface area contributed by atoms with Gasteiger partial charge in [0, 0.05) is 29.9 Å². The Bertz CT molecular complexity index is 845. The molecule has 2 aromatic heterocycles. The molecule has 7 nitrogen and oxygen atoms in total. The number of amides is 1. The van der Waals surface area contributed by atoms with E-state index in [0.717, 1.165) is 16.7 Å². The van der Waals surface area contributed by atoms with Gasteiger partial charge < -0.3 is 5.32 Å². The van der Waals surface area contributed by atoms with Crippen LogP contribution in [0.4, 0.5) is 5.69 Å². The number of nitrogens with one attached hydrogen (secondary N) is 1. The van der Waals surface area contributed by atoms with E-state index in [-0.39, 0.29) is 22.8 Å². The SMILES string of the molecule is O=C(NCc1cn2ccsc2n1)c1ccc([N+](=O)[O-])cc1Cl. The third kappa shape index (κ3) is 2.78. The Hall–Kier alpha value is -2.45. The van der Waals surface area contributed by atoms with E-state index >= 15 is 0 Å². The fraction of sp³-hybridized carbons (Fsp3) is 0.0769. The lowest BCUT2D eigenvalue weighted by Crippen LogP contribution is -2.23. The third-order valence-corrected chi connectivity index (χ3v) is 4.06. The second-order valence-electron chi connectivity index (χ2n) is 4.43. The maximum Gasteiger partial charge on any atom is 0.270 e. The Labute approximate surface area is 133 Å². The second kappa shape index (κ2) is 5.74. The fourth-order valence-corrected chi connectivity index (χ4v) is 2.91. The molecule has 3 rings (SSSR count). The molecule has 3 aromatic rings. The predicted octanol–water partition coefficient (Wildman–Crippen LogP) is 2.89. The van der Waals surface area contributed by atoms with Crippen molar-refractivity contribution in [3.8, 4) is 0 Å². The van der Waals surface area contributed by atoms with Crippen LogP contribution in [0.3, 0.4) is 0 Å². The van der Waals surface area contributed by atoms with Crippen molar-refractivity contribution in [2.75, 3.05) is 0 Å². The van der Waals surface area contributed by atoms with Gasteiger partial charge in [0.05, 0.1) is 27.7 Å². The highest BCUT2D eigenvalue weighted by Gasteiger charge is 2.15. The molecular formula is C13H9ClN4O3S. The minimum absolute atomic E-state index is 0.0394. The van der Waals surface area contributed by atoms with E-state index in [1.54, 1.807) is 0 Å². The number of carbonyl (C=O) groups excluding carboxylic acids is 1. The first-order chi connectivity index (χ1) is 10.5. The van der Waals surface area contributed by atoms with Gasteiger partial charge in [0.25, 0.3) is 11.6 Å². The minimum Gasteiger partial charge on any atom is -0.346 e. The molecule has 0 aliphatic rings. The van der Waals surface area contributed by atoms with Gasteiger partial charge in [-0.2, -0.15) is 0 Å². The van der Waals surface area contributed by atoms with Crippen molar-refractivity contribution in [2.45, 2.75) is 6.54 Å². The highest BCUT2D eigenvalue weighted by atomic mass is 35.5. The van der Waals surface area contributed by atoms with E-state index in [1.165, 1.54) is 23.5 Å². The predicted molar refractivity (Wildman–Crippen MR) is 82.3 cm³/mol. The van der Waals surface area contributed by atoms with Crippen LogP contribution >= 0.6 is 22.9 Å². The van der Waals surface area contributed by atoms with Gasteiger partial charge in [-0.1, -0.05) is 11.6 Å². The molecule has 0 fully saturated rings. The van der Waals surface area contributed by atoms with Crippen LogP contribution in [0, 0.1) is 10.1 Å². The van der Waals surface area contributed by atoms with Gasteiger partial charge in [-0.25, -0.2) is 4.98 Å². The molecule has 1 amide bonds. The van der Waals surface area contributed by atoms with Crippen molar-refractivity contribution in [3.63, 3.8) is 0 Å². The maximum atomic E-state index is 12.1. The van der Waals surface area contributed by atoms with E-state index < -0.39 is 10.8 Å². The summed E-state index contributed by atoms with van der Waals surface area (Å²) in [5.74, 6) is -0.406. The summed E-state index contributed by atoms with van der Waals surface area (Å²) in [6, 6.07) is 3.73. The number of thiazole rings is 1. The quantitative estimate of drug-likeness (QED) is 0.586. The molecule has 0 radical (unpaired) electrons. The van der Waals surface area contributed by atoms with Crippen molar-refractivity contribution in [3.05, 3.63) is 62.4 Å². The molecule has 0 aliphatic carbocycles. The smallest absolute Gasteiger partial charge is 0.270 e. The standard InChI is InChI=1S/C13H9ClN4O3S/c14-11-5-9(18(20)21)1-2-10(11)12(19)15-6-8-7-17-3-4-22-13(17)16-8/h1-5,7H,6H2,(H,15,19). The monoisotopic (exact) mass is 336 g/mol. The lowest BCUT2D eigenvalue weighted by atomic mass is 10.2. The summed E-state index contributed by atoms with van der Waals surface area (Å²) < 4.78 is 1.87. The molecule has 0 spiro atoms. The molecule has 112 valence electrons. The maximum absolute atomic E-state index is 12.1. The molecule has 0 unspecified atom stereocenters. The number of hydrogen-bond donors (Lipinski definition) is 1. The summed E-state index contributed by atoms with van der Waals surface area (Å²) >= 11 is 7.41. The Kier molecular flexibility index (Phi) is 3.78. The zero-order valence-corrected chi connectivity index (χ0v) is 12.6. The van der Waals surface area contributed by atoms with Gasteiger partial charge in [0.1, 0.15) is 0 Å². The summed E-state index contributed by atoms with van der Waals surface area (Å²) in [4.78, 5) is 27.3. The summed E-state index contributed by atoms with van der Waals surface area (Å²) in [5, 5.41) is 15.3. The fourth-order valence-electron chi connectivity index (χ4n) is 1.93. The van der Waals surface area contributed by atoms with Crippen LogP contribution in [-0.2, 0) is 6.54 Å². The Morgan fingerprint density at radius 2 is 2.32 bits per heavy atom. The van der Waals surface area contributed by atoms with Crippen LogP contribution in [0.15, 0.2) is 36.0 Å². The highest BCUT2D eigenvalue weighted by Crippen LogP contribution is 2.22. The molecule has 1 aromatic carbocycles. The van der Waals surface area contributed by atoms with E-state index in [0.29, 0.717) is 0 Å². The van der Waals surface area contributed by atoms with Gasteiger partial charge in [0.15, 0.2) is 4.96 Å². The molecule has 0 aliphatic heterocycles. The molecule has 22 heavy (non-hydrogen) atoms. The Morgan fingerprint density at radius 3 is 3.00 bits per heavy atom. The largest absolute Gasteiger partial charge is 0.346 e. The van der Waals surface area contributed by atoms with Crippen molar-refractivity contribution in [1.82, 2.24) is 14.7 Å². The van der Waals surface area contributed by atoms with Gasteiger partial charge in [-0.15, -0.1) is 11.3 Å². The topological polar surface area (TPSA) is 89.5 Å². The highest BCUT2D eigenvalue weighted by molar-refractivity contribution is 7.15. The number of non-ortho nitro benzene ring substituents is 1. The van der Waals surface area contributed by atoms with Crippen LogP contribution in [-0.4, -0.2) is 20.2 Å². The molecule has 9 heteroatoms. The first-order valence-electron chi connectivity index (χ1n) is 6.18. The van der Waals surface area contributed by atoms with Gasteiger partial charge in [-0.05, 0) is 6.07 Å². The average Bonchev–Trinajstić information content (AvgIpc) is 3.05. The minimum atomic E-state index is -0.564. The van der Waals surface area contributed by atoms with Crippen LogP contribution in [0.1, 0.15) is 16.1 Å². The van der Waals surface area contributed by atoms with Crippen LogP contribution in [0.5, 0.6) is 0 Å². The molecule has 0 bridgehead atoms. The van der Waals surface area contributed by atoms with Crippen LogP contribution in [0.2, 0.25) is 5.02 Å². The molecule has 0 saturated heterocycles. The zero-order valence-electron chi connectivity index (χ0n) is 11.0. The van der Waals surface area contributed by atoms with Crippen LogP contribution in [0.25, 0.3) is 4.96 Å². The number of nitrogens with zero attached hydrogens (tertiary/aromatic N) is 3. The first-order valence-corrected chi connectivity index (χ1v) is 7.43. The van der Waals surface area contributed by atoms with Crippen molar-refractivity contribution >= 4 is 39.5 Å². The molecule has 2 heterocycles. The van der Waals surface area contributed by atoms with Gasteiger partial charge >= 0.3 is 0 Å². The van der Waals surface area contributed by atoms with Crippen molar-refractivity contribution in [1.29, 1.82) is 0 Å². The van der Waals surface area contributed by atoms with Crippen molar-refractivity contribution in [2.24, 2.45) is 0 Å². The Morgan fingerprint density at radius 1 is 1.50 bits per heavy atom. The molecule has 0 saturated carbocycles. The molecule has 1 N–H and O–H groups in total. The number of rotatable bonds is 4. The van der Waals surface area contributed by atoms with E-state index in [4.69, 9.17) is 11.6 Å². The Balaban J connectivity index is 1.71. The summed E-state index contributed by atoms with van der Waals surface area (Å²) in [5.41, 5.74) is 0.752. The van der Waals surface area contributed by atoms with Crippen LogP contribution < -0.4 is 5.32 Å². The lowest BCUT2D eigenvalue weighted by molar-refractivity contribution is -0.384. The first kappa shape index (κ1) is 14.5. The summed E-state index contributed by atoms with van der Waals surface area (Å²) in [7, 11) is 0. The number of halogens is 1. The number of nitro groups is 1.